The molecule has 1 aliphatic rings. The maximum atomic E-state index is 6.03. The molecule has 0 radical (unpaired) electrons. The van der Waals surface area contributed by atoms with E-state index in [0.717, 1.165) is 34.7 Å². The molecule has 1 saturated heterocycles. The number of hydrogen-bond acceptors (Lipinski definition) is 3. The fourth-order valence-electron chi connectivity index (χ4n) is 2.93. The third-order valence-electron chi connectivity index (χ3n) is 4.02. The fourth-order valence-corrected chi connectivity index (χ4v) is 3.09. The fraction of sp³-hybridized carbons (Fsp3) is 0.438. The van der Waals surface area contributed by atoms with Crippen LogP contribution in [-0.4, -0.2) is 35.6 Å². The van der Waals surface area contributed by atoms with Crippen LogP contribution in [0.25, 0.3) is 10.9 Å². The first-order valence-electron chi connectivity index (χ1n) is 7.29. The molecule has 2 aromatic rings. The molecule has 1 N–H and O–H groups in total. The van der Waals surface area contributed by atoms with Gasteiger partial charge in [-0.1, -0.05) is 18.5 Å². The number of likely N-dealkylation sites (N-methyl/N-ethyl adjacent to an activating group) is 1. The van der Waals surface area contributed by atoms with Crippen molar-refractivity contribution >= 4 is 28.2 Å². The van der Waals surface area contributed by atoms with Crippen molar-refractivity contribution in [2.75, 3.05) is 25.0 Å². The van der Waals surface area contributed by atoms with Gasteiger partial charge < -0.3 is 10.2 Å². The van der Waals surface area contributed by atoms with Gasteiger partial charge in [0.05, 0.1) is 5.52 Å². The molecule has 0 amide bonds. The second kappa shape index (κ2) is 5.98. The zero-order valence-electron chi connectivity index (χ0n) is 11.8. The van der Waals surface area contributed by atoms with Gasteiger partial charge in [0.1, 0.15) is 0 Å². The number of fused-ring (bicyclic) bond motifs is 1. The lowest BCUT2D eigenvalue weighted by Crippen LogP contribution is -2.41. The van der Waals surface area contributed by atoms with Gasteiger partial charge in [-0.05, 0) is 50.2 Å². The van der Waals surface area contributed by atoms with Crippen molar-refractivity contribution < 1.29 is 0 Å². The van der Waals surface area contributed by atoms with Crippen molar-refractivity contribution in [2.24, 2.45) is 0 Å². The number of anilines is 1. The minimum absolute atomic E-state index is 0.518. The SMILES string of the molecule is CCN1CCCC(Nc2ccnc3cc(Cl)ccc23)C1. The van der Waals surface area contributed by atoms with Gasteiger partial charge in [-0.15, -0.1) is 0 Å². The van der Waals surface area contributed by atoms with Crippen LogP contribution in [0.15, 0.2) is 30.5 Å². The Labute approximate surface area is 124 Å². The third-order valence-corrected chi connectivity index (χ3v) is 4.25. The highest BCUT2D eigenvalue weighted by atomic mass is 35.5. The van der Waals surface area contributed by atoms with Crippen LogP contribution >= 0.6 is 11.6 Å². The predicted octanol–water partition coefficient (Wildman–Crippen LogP) is 3.78. The second-order valence-electron chi connectivity index (χ2n) is 5.40. The molecular weight excluding hydrogens is 270 g/mol. The largest absolute Gasteiger partial charge is 0.380 e. The Hall–Kier alpha value is -1.32. The molecule has 3 nitrogen and oxygen atoms in total. The summed E-state index contributed by atoms with van der Waals surface area (Å²) in [4.78, 5) is 6.89. The summed E-state index contributed by atoms with van der Waals surface area (Å²) in [5, 5.41) is 5.56. The van der Waals surface area contributed by atoms with E-state index in [2.05, 4.69) is 28.2 Å². The average Bonchev–Trinajstić information content (AvgIpc) is 2.47. The number of piperidine rings is 1. The number of pyridine rings is 1. The van der Waals surface area contributed by atoms with Crippen molar-refractivity contribution in [3.8, 4) is 0 Å². The van der Waals surface area contributed by atoms with E-state index in [0.29, 0.717) is 6.04 Å². The number of halogens is 1. The average molecular weight is 290 g/mol. The smallest absolute Gasteiger partial charge is 0.0737 e. The quantitative estimate of drug-likeness (QED) is 0.932. The lowest BCUT2D eigenvalue weighted by Gasteiger charge is -2.33. The number of hydrogen-bond donors (Lipinski definition) is 1. The van der Waals surface area contributed by atoms with Gasteiger partial charge in [-0.25, -0.2) is 0 Å². The number of aromatic nitrogens is 1. The highest BCUT2D eigenvalue weighted by Gasteiger charge is 2.19. The Balaban J connectivity index is 1.83. The maximum absolute atomic E-state index is 6.03. The van der Waals surface area contributed by atoms with Crippen LogP contribution < -0.4 is 5.32 Å². The minimum Gasteiger partial charge on any atom is -0.380 e. The van der Waals surface area contributed by atoms with E-state index < -0.39 is 0 Å². The first kappa shape index (κ1) is 13.7. The Morgan fingerprint density at radius 3 is 3.15 bits per heavy atom. The van der Waals surface area contributed by atoms with E-state index in [1.165, 1.54) is 19.4 Å². The normalized spacial score (nSPS) is 20.2. The molecule has 1 aromatic heterocycles. The van der Waals surface area contributed by atoms with Crippen LogP contribution in [0.2, 0.25) is 5.02 Å². The maximum Gasteiger partial charge on any atom is 0.0737 e. The highest BCUT2D eigenvalue weighted by Crippen LogP contribution is 2.26. The van der Waals surface area contributed by atoms with E-state index in [1.54, 1.807) is 0 Å². The zero-order valence-corrected chi connectivity index (χ0v) is 12.5. The molecular formula is C16H20ClN3. The molecule has 1 atom stereocenters. The van der Waals surface area contributed by atoms with Crippen LogP contribution in [0.1, 0.15) is 19.8 Å². The van der Waals surface area contributed by atoms with Crippen molar-refractivity contribution in [1.29, 1.82) is 0 Å². The van der Waals surface area contributed by atoms with Gasteiger partial charge >= 0.3 is 0 Å². The van der Waals surface area contributed by atoms with Gasteiger partial charge in [-0.2, -0.15) is 0 Å². The van der Waals surface area contributed by atoms with Gasteiger partial charge in [0.15, 0.2) is 0 Å². The van der Waals surface area contributed by atoms with Crippen LogP contribution in [0, 0.1) is 0 Å². The molecule has 20 heavy (non-hydrogen) atoms. The summed E-state index contributed by atoms with van der Waals surface area (Å²) in [6, 6.07) is 8.47. The monoisotopic (exact) mass is 289 g/mol. The van der Waals surface area contributed by atoms with E-state index in [9.17, 15) is 0 Å². The predicted molar refractivity (Wildman–Crippen MR) is 85.5 cm³/mol. The molecule has 106 valence electrons. The number of nitrogens with one attached hydrogen (secondary N) is 1. The number of likely N-dealkylation sites (tertiary alicyclic amines) is 1. The zero-order chi connectivity index (χ0) is 13.9. The molecule has 1 unspecified atom stereocenters. The van der Waals surface area contributed by atoms with E-state index in [1.807, 2.05) is 24.4 Å². The molecule has 1 aliphatic heterocycles. The Morgan fingerprint density at radius 2 is 2.30 bits per heavy atom. The standard InChI is InChI=1S/C16H20ClN3/c1-2-20-9-3-4-13(11-20)19-15-7-8-18-16-10-12(17)5-6-14(15)16/h5-8,10,13H,2-4,9,11H2,1H3,(H,18,19). The summed E-state index contributed by atoms with van der Waals surface area (Å²) in [6.07, 6.45) is 4.34. The molecule has 0 bridgehead atoms. The Bertz CT molecular complexity index is 599. The summed E-state index contributed by atoms with van der Waals surface area (Å²) in [7, 11) is 0. The molecule has 0 spiro atoms. The Morgan fingerprint density at radius 1 is 1.40 bits per heavy atom. The van der Waals surface area contributed by atoms with Crippen molar-refractivity contribution in [1.82, 2.24) is 9.88 Å². The first-order valence-corrected chi connectivity index (χ1v) is 7.67. The molecule has 1 fully saturated rings. The van der Waals surface area contributed by atoms with Crippen molar-refractivity contribution in [3.63, 3.8) is 0 Å². The molecule has 3 rings (SSSR count). The second-order valence-corrected chi connectivity index (χ2v) is 5.83. The molecule has 0 aliphatic carbocycles. The summed E-state index contributed by atoms with van der Waals surface area (Å²) in [6.45, 7) is 5.70. The van der Waals surface area contributed by atoms with Crippen LogP contribution in [0.5, 0.6) is 0 Å². The summed E-state index contributed by atoms with van der Waals surface area (Å²) >= 11 is 6.03. The summed E-state index contributed by atoms with van der Waals surface area (Å²) in [5.41, 5.74) is 2.11. The summed E-state index contributed by atoms with van der Waals surface area (Å²) < 4.78 is 0. The topological polar surface area (TPSA) is 28.2 Å². The summed E-state index contributed by atoms with van der Waals surface area (Å²) in [5.74, 6) is 0. The third kappa shape index (κ3) is 2.89. The van der Waals surface area contributed by atoms with Gasteiger partial charge in [0.2, 0.25) is 0 Å². The highest BCUT2D eigenvalue weighted by molar-refractivity contribution is 6.31. The van der Waals surface area contributed by atoms with Crippen LogP contribution in [0.3, 0.4) is 0 Å². The number of rotatable bonds is 3. The molecule has 4 heteroatoms. The van der Waals surface area contributed by atoms with Crippen LogP contribution in [-0.2, 0) is 0 Å². The van der Waals surface area contributed by atoms with Gasteiger partial charge in [0, 0.05) is 34.9 Å². The van der Waals surface area contributed by atoms with Gasteiger partial charge in [0.25, 0.3) is 0 Å². The number of benzene rings is 1. The number of nitrogens with zero attached hydrogens (tertiary/aromatic N) is 2. The van der Waals surface area contributed by atoms with E-state index in [4.69, 9.17) is 11.6 Å². The lowest BCUT2D eigenvalue weighted by molar-refractivity contribution is 0.227. The first-order chi connectivity index (χ1) is 9.76. The lowest BCUT2D eigenvalue weighted by atomic mass is 10.0. The minimum atomic E-state index is 0.518. The Kier molecular flexibility index (Phi) is 4.08. The van der Waals surface area contributed by atoms with Crippen molar-refractivity contribution in [2.45, 2.75) is 25.8 Å². The van der Waals surface area contributed by atoms with E-state index >= 15 is 0 Å². The van der Waals surface area contributed by atoms with E-state index in [-0.39, 0.29) is 0 Å². The molecule has 0 saturated carbocycles. The van der Waals surface area contributed by atoms with Crippen LogP contribution in [0.4, 0.5) is 5.69 Å². The molecule has 2 heterocycles. The molecule has 1 aromatic carbocycles. The van der Waals surface area contributed by atoms with Crippen molar-refractivity contribution in [3.05, 3.63) is 35.5 Å². The van der Waals surface area contributed by atoms with Gasteiger partial charge in [-0.3, -0.25) is 4.98 Å².